The second-order valence-corrected chi connectivity index (χ2v) is 6.92. The molecule has 0 spiro atoms. The van der Waals surface area contributed by atoms with Crippen LogP contribution in [0, 0.1) is 0 Å². The molecule has 0 radical (unpaired) electrons. The van der Waals surface area contributed by atoms with Gasteiger partial charge in [-0.25, -0.2) is 4.79 Å². The van der Waals surface area contributed by atoms with Crippen LogP contribution in [0.1, 0.15) is 44.6 Å². The second-order valence-electron chi connectivity index (χ2n) is 6.92. The number of ether oxygens (including phenoxy) is 2. The summed E-state index contributed by atoms with van der Waals surface area (Å²) in [4.78, 5) is 15.8. The maximum absolute atomic E-state index is 11.6. The zero-order valence-electron chi connectivity index (χ0n) is 15.4. The van der Waals surface area contributed by atoms with E-state index in [1.165, 1.54) is 0 Å². The number of pyridine rings is 1. The number of hydrogen-bond donors (Lipinski definition) is 2. The predicted molar refractivity (Wildman–Crippen MR) is 98.8 cm³/mol. The van der Waals surface area contributed by atoms with Gasteiger partial charge in [0.25, 0.3) is 0 Å². The summed E-state index contributed by atoms with van der Waals surface area (Å²) in [5.74, 6) is 0.660. The maximum Gasteiger partial charge on any atom is 0.407 e. The fourth-order valence-electron chi connectivity index (χ4n) is 2.24. The van der Waals surface area contributed by atoms with Gasteiger partial charge in [-0.2, -0.15) is 0 Å². The lowest BCUT2D eigenvalue weighted by Crippen LogP contribution is -2.33. The molecule has 0 aliphatic rings. The van der Waals surface area contributed by atoms with Crippen LogP contribution >= 0.6 is 0 Å². The van der Waals surface area contributed by atoms with Gasteiger partial charge in [-0.1, -0.05) is 18.2 Å². The van der Waals surface area contributed by atoms with Crippen LogP contribution in [0.4, 0.5) is 4.79 Å². The van der Waals surface area contributed by atoms with Crippen molar-refractivity contribution in [1.29, 1.82) is 0 Å². The zero-order valence-corrected chi connectivity index (χ0v) is 15.4. The van der Waals surface area contributed by atoms with Crippen molar-refractivity contribution >= 4 is 6.09 Å². The van der Waals surface area contributed by atoms with E-state index < -0.39 is 17.8 Å². The van der Waals surface area contributed by atoms with E-state index in [1.54, 1.807) is 33.0 Å². The Balaban J connectivity index is 1.81. The molecule has 2 N–H and O–H groups in total. The highest BCUT2D eigenvalue weighted by molar-refractivity contribution is 5.67. The van der Waals surface area contributed by atoms with Crippen molar-refractivity contribution < 1.29 is 19.4 Å². The van der Waals surface area contributed by atoms with Gasteiger partial charge in [0.15, 0.2) is 0 Å². The number of hydrogen-bond acceptors (Lipinski definition) is 5. The Kier molecular flexibility index (Phi) is 6.97. The summed E-state index contributed by atoms with van der Waals surface area (Å²) in [5, 5.41) is 13.0. The predicted octanol–water partition coefficient (Wildman–Crippen LogP) is 3.61. The summed E-state index contributed by atoms with van der Waals surface area (Å²) in [6, 6.07) is 12.9. The van der Waals surface area contributed by atoms with E-state index in [9.17, 15) is 9.90 Å². The van der Waals surface area contributed by atoms with E-state index in [1.807, 2.05) is 36.4 Å². The Morgan fingerprint density at radius 3 is 2.73 bits per heavy atom. The number of nitrogens with one attached hydrogen (secondary N) is 1. The highest BCUT2D eigenvalue weighted by Crippen LogP contribution is 2.22. The van der Waals surface area contributed by atoms with E-state index in [-0.39, 0.29) is 0 Å². The van der Waals surface area contributed by atoms with Gasteiger partial charge in [0, 0.05) is 12.7 Å². The van der Waals surface area contributed by atoms with Gasteiger partial charge < -0.3 is 19.9 Å². The van der Waals surface area contributed by atoms with Crippen molar-refractivity contribution in [3.05, 3.63) is 59.9 Å². The largest absolute Gasteiger partial charge is 0.487 e. The topological polar surface area (TPSA) is 80.7 Å². The van der Waals surface area contributed by atoms with E-state index in [4.69, 9.17) is 9.47 Å². The van der Waals surface area contributed by atoms with E-state index in [0.29, 0.717) is 25.3 Å². The molecule has 1 heterocycles. The Hall–Kier alpha value is -2.60. The number of carbonyl (C=O) groups excluding carboxylic acids is 1. The molecule has 0 saturated carbocycles. The molecule has 1 atom stereocenters. The molecule has 0 aliphatic heterocycles. The first kappa shape index (κ1) is 19.7. The average Bonchev–Trinajstić information content (AvgIpc) is 2.59. The summed E-state index contributed by atoms with van der Waals surface area (Å²) >= 11 is 0. The SMILES string of the molecule is CC(C)(C)OC(=O)NCC[C@@H](O)c1cccc(OCc2ccccn2)c1. The third kappa shape index (κ3) is 7.11. The van der Waals surface area contributed by atoms with Crippen LogP contribution in [0.2, 0.25) is 0 Å². The first-order chi connectivity index (χ1) is 12.3. The lowest BCUT2D eigenvalue weighted by atomic mass is 10.1. The van der Waals surface area contributed by atoms with Gasteiger partial charge in [0.1, 0.15) is 18.0 Å². The zero-order chi connectivity index (χ0) is 19.0. The van der Waals surface area contributed by atoms with Crippen LogP contribution in [0.25, 0.3) is 0 Å². The van der Waals surface area contributed by atoms with E-state index in [0.717, 1.165) is 11.3 Å². The van der Waals surface area contributed by atoms with Gasteiger partial charge in [-0.15, -0.1) is 0 Å². The number of benzene rings is 1. The molecule has 1 aromatic carbocycles. The summed E-state index contributed by atoms with van der Waals surface area (Å²) in [5.41, 5.74) is 1.02. The Labute approximate surface area is 154 Å². The monoisotopic (exact) mass is 358 g/mol. The first-order valence-corrected chi connectivity index (χ1v) is 8.61. The van der Waals surface area contributed by atoms with Crippen LogP contribution in [-0.4, -0.2) is 28.3 Å². The molecule has 6 heteroatoms. The van der Waals surface area contributed by atoms with Crippen molar-refractivity contribution in [2.45, 2.75) is 45.5 Å². The third-order valence-corrected chi connectivity index (χ3v) is 3.44. The van der Waals surface area contributed by atoms with Crippen LogP contribution in [0.15, 0.2) is 48.7 Å². The average molecular weight is 358 g/mol. The molecule has 0 aliphatic carbocycles. The third-order valence-electron chi connectivity index (χ3n) is 3.44. The molecular weight excluding hydrogens is 332 g/mol. The lowest BCUT2D eigenvalue weighted by Gasteiger charge is -2.20. The summed E-state index contributed by atoms with van der Waals surface area (Å²) in [6.45, 7) is 6.09. The van der Waals surface area contributed by atoms with Crippen molar-refractivity contribution in [3.63, 3.8) is 0 Å². The molecule has 140 valence electrons. The highest BCUT2D eigenvalue weighted by Gasteiger charge is 2.16. The summed E-state index contributed by atoms with van der Waals surface area (Å²) in [6.07, 6.45) is 0.903. The summed E-state index contributed by atoms with van der Waals surface area (Å²) in [7, 11) is 0. The molecule has 26 heavy (non-hydrogen) atoms. The van der Waals surface area contributed by atoms with Crippen molar-refractivity contribution in [2.24, 2.45) is 0 Å². The number of aromatic nitrogens is 1. The van der Waals surface area contributed by atoms with Gasteiger partial charge in [0.2, 0.25) is 0 Å². The molecule has 2 aromatic rings. The minimum Gasteiger partial charge on any atom is -0.487 e. The van der Waals surface area contributed by atoms with Crippen molar-refractivity contribution in [3.8, 4) is 5.75 Å². The molecule has 2 rings (SSSR count). The molecular formula is C20H26N2O4. The first-order valence-electron chi connectivity index (χ1n) is 8.61. The molecule has 1 amide bonds. The lowest BCUT2D eigenvalue weighted by molar-refractivity contribution is 0.0518. The van der Waals surface area contributed by atoms with Gasteiger partial charge in [0.05, 0.1) is 11.8 Å². The highest BCUT2D eigenvalue weighted by atomic mass is 16.6. The van der Waals surface area contributed by atoms with Gasteiger partial charge in [-0.3, -0.25) is 4.98 Å². The Morgan fingerprint density at radius 1 is 1.23 bits per heavy atom. The number of rotatable bonds is 7. The van der Waals surface area contributed by atoms with Crippen LogP contribution < -0.4 is 10.1 Å². The number of aliphatic hydroxyl groups is 1. The Bertz CT molecular complexity index is 698. The number of nitrogens with zero attached hydrogens (tertiary/aromatic N) is 1. The van der Waals surface area contributed by atoms with E-state index in [2.05, 4.69) is 10.3 Å². The molecule has 1 aromatic heterocycles. The van der Waals surface area contributed by atoms with Crippen LogP contribution in [0.5, 0.6) is 5.75 Å². The standard InChI is InChI=1S/C20H26N2O4/c1-20(2,3)26-19(24)22-12-10-18(23)15-7-6-9-17(13-15)25-14-16-8-4-5-11-21-16/h4-9,11,13,18,23H,10,12,14H2,1-3H3,(H,22,24)/t18-/m1/s1. The molecule has 0 bridgehead atoms. The van der Waals surface area contributed by atoms with Crippen LogP contribution in [-0.2, 0) is 11.3 Å². The number of carbonyl (C=O) groups is 1. The fourth-order valence-corrected chi connectivity index (χ4v) is 2.24. The maximum atomic E-state index is 11.6. The minimum atomic E-state index is -0.705. The minimum absolute atomic E-state index is 0.315. The normalized spacial score (nSPS) is 12.3. The number of alkyl carbamates (subject to hydrolysis) is 1. The molecule has 6 nitrogen and oxygen atoms in total. The molecule has 0 unspecified atom stereocenters. The fraction of sp³-hybridized carbons (Fsp3) is 0.400. The van der Waals surface area contributed by atoms with Gasteiger partial charge >= 0.3 is 6.09 Å². The summed E-state index contributed by atoms with van der Waals surface area (Å²) < 4.78 is 10.9. The van der Waals surface area contributed by atoms with Crippen LogP contribution in [0.3, 0.4) is 0 Å². The molecule has 0 fully saturated rings. The smallest absolute Gasteiger partial charge is 0.407 e. The quantitative estimate of drug-likeness (QED) is 0.790. The second kappa shape index (κ2) is 9.20. The van der Waals surface area contributed by atoms with Crippen molar-refractivity contribution in [1.82, 2.24) is 10.3 Å². The van der Waals surface area contributed by atoms with Gasteiger partial charge in [-0.05, 0) is 57.0 Å². The number of aliphatic hydroxyl groups excluding tert-OH is 1. The van der Waals surface area contributed by atoms with E-state index >= 15 is 0 Å². The molecule has 0 saturated heterocycles. The van der Waals surface area contributed by atoms with Crippen molar-refractivity contribution in [2.75, 3.05) is 6.54 Å². The Morgan fingerprint density at radius 2 is 2.04 bits per heavy atom. The number of amides is 1.